The van der Waals surface area contributed by atoms with E-state index < -0.39 is 10.8 Å². The molecule has 0 spiro atoms. The number of aromatic nitrogens is 2. The van der Waals surface area contributed by atoms with Gasteiger partial charge in [0.15, 0.2) is 6.61 Å². The van der Waals surface area contributed by atoms with Crippen molar-refractivity contribution in [2.45, 2.75) is 27.7 Å². The molecule has 30 heavy (non-hydrogen) atoms. The van der Waals surface area contributed by atoms with Crippen LogP contribution in [0.4, 0.5) is 17.3 Å². The molecule has 1 heterocycles. The number of hydrogen-bond acceptors (Lipinski definition) is 8. The van der Waals surface area contributed by atoms with E-state index in [4.69, 9.17) is 4.74 Å². The van der Waals surface area contributed by atoms with Crippen LogP contribution in [0.2, 0.25) is 0 Å². The van der Waals surface area contributed by atoms with E-state index in [1.165, 1.54) is 6.33 Å². The summed E-state index contributed by atoms with van der Waals surface area (Å²) in [7, 11) is 0. The Bertz CT molecular complexity index is 834. The quantitative estimate of drug-likeness (QED) is 0.423. The highest BCUT2D eigenvalue weighted by Crippen LogP contribution is 2.32. The summed E-state index contributed by atoms with van der Waals surface area (Å²) in [5, 5.41) is 11.8. The minimum atomic E-state index is -0.544. The van der Waals surface area contributed by atoms with Crippen molar-refractivity contribution in [1.29, 1.82) is 0 Å². The largest absolute Gasteiger partial charge is 0.484 e. The van der Waals surface area contributed by atoms with Gasteiger partial charge < -0.3 is 9.64 Å². The molecule has 0 saturated carbocycles. The van der Waals surface area contributed by atoms with Crippen LogP contribution in [0.5, 0.6) is 5.75 Å². The van der Waals surface area contributed by atoms with Crippen molar-refractivity contribution in [2.75, 3.05) is 30.0 Å². The fourth-order valence-electron chi connectivity index (χ4n) is 2.82. The van der Waals surface area contributed by atoms with Crippen molar-refractivity contribution in [2.24, 2.45) is 11.8 Å². The third-order valence-electron chi connectivity index (χ3n) is 3.89. The summed E-state index contributed by atoms with van der Waals surface area (Å²) in [5.74, 6) is 0.731. The Balaban J connectivity index is 2.14. The molecule has 0 aliphatic heterocycles. The van der Waals surface area contributed by atoms with E-state index in [1.807, 2.05) is 38.7 Å². The van der Waals surface area contributed by atoms with Crippen molar-refractivity contribution in [3.8, 4) is 5.75 Å². The number of nitrogens with one attached hydrogen (secondary N) is 2. The molecule has 0 fully saturated rings. The smallest absolute Gasteiger partial charge is 0.355 e. The molecular formula is C20H28N6O4. The number of benzene rings is 1. The lowest BCUT2D eigenvalue weighted by Crippen LogP contribution is -2.35. The molecule has 10 nitrogen and oxygen atoms in total. The van der Waals surface area contributed by atoms with Crippen LogP contribution in [0, 0.1) is 22.0 Å². The van der Waals surface area contributed by atoms with Crippen LogP contribution in [0.1, 0.15) is 27.7 Å². The lowest BCUT2D eigenvalue weighted by molar-refractivity contribution is -0.383. The van der Waals surface area contributed by atoms with Crippen molar-refractivity contribution in [3.63, 3.8) is 0 Å². The maximum absolute atomic E-state index is 12.1. The Labute approximate surface area is 175 Å². The van der Waals surface area contributed by atoms with Crippen LogP contribution >= 0.6 is 0 Å². The molecule has 2 rings (SSSR count). The molecule has 1 aromatic carbocycles. The maximum Gasteiger partial charge on any atom is 0.355 e. The van der Waals surface area contributed by atoms with Crippen molar-refractivity contribution < 1.29 is 14.5 Å². The number of amides is 1. The second-order valence-corrected chi connectivity index (χ2v) is 7.62. The highest BCUT2D eigenvalue weighted by molar-refractivity contribution is 5.80. The number of hydrazine groups is 1. The lowest BCUT2D eigenvalue weighted by atomic mass is 10.1. The molecule has 1 aromatic heterocycles. The molecule has 0 aliphatic rings. The highest BCUT2D eigenvalue weighted by atomic mass is 16.6. The summed E-state index contributed by atoms with van der Waals surface area (Å²) in [6, 6.07) is 8.86. The predicted octanol–water partition coefficient (Wildman–Crippen LogP) is 3.03. The van der Waals surface area contributed by atoms with Crippen LogP contribution in [0.15, 0.2) is 36.7 Å². The average molecular weight is 416 g/mol. The van der Waals surface area contributed by atoms with Crippen molar-refractivity contribution >= 4 is 23.2 Å². The molecule has 162 valence electrons. The Morgan fingerprint density at radius 2 is 1.77 bits per heavy atom. The van der Waals surface area contributed by atoms with Gasteiger partial charge in [0.25, 0.3) is 5.91 Å². The fourth-order valence-corrected chi connectivity index (χ4v) is 2.82. The molecule has 0 unspecified atom stereocenters. The van der Waals surface area contributed by atoms with E-state index in [1.54, 1.807) is 24.3 Å². The van der Waals surface area contributed by atoms with Gasteiger partial charge in [-0.25, -0.2) is 9.97 Å². The first-order valence-electron chi connectivity index (χ1n) is 9.75. The maximum atomic E-state index is 12.1. The first-order chi connectivity index (χ1) is 14.3. The molecule has 0 atom stereocenters. The highest BCUT2D eigenvalue weighted by Gasteiger charge is 2.28. The Kier molecular flexibility index (Phi) is 8.33. The van der Waals surface area contributed by atoms with Gasteiger partial charge in [0.05, 0.1) is 4.92 Å². The van der Waals surface area contributed by atoms with Gasteiger partial charge in [0.2, 0.25) is 11.6 Å². The molecule has 2 N–H and O–H groups in total. The van der Waals surface area contributed by atoms with Crippen molar-refractivity contribution in [3.05, 3.63) is 46.8 Å². The topological polar surface area (TPSA) is 123 Å². The van der Waals surface area contributed by atoms with Gasteiger partial charge in [-0.2, -0.15) is 0 Å². The summed E-state index contributed by atoms with van der Waals surface area (Å²) in [4.78, 5) is 33.3. The Hall–Kier alpha value is -3.43. The number of nitro groups is 1. The number of hydrogen-bond donors (Lipinski definition) is 2. The predicted molar refractivity (Wildman–Crippen MR) is 114 cm³/mol. The fraction of sp³-hybridized carbons (Fsp3) is 0.450. The second-order valence-electron chi connectivity index (χ2n) is 7.62. The second kappa shape index (κ2) is 10.9. The lowest BCUT2D eigenvalue weighted by Gasteiger charge is -2.27. The summed E-state index contributed by atoms with van der Waals surface area (Å²) in [6.45, 7) is 9.09. The third-order valence-corrected chi connectivity index (χ3v) is 3.89. The molecule has 10 heteroatoms. The number of ether oxygens (including phenoxy) is 1. The molecular weight excluding hydrogens is 388 g/mol. The van der Waals surface area contributed by atoms with Crippen LogP contribution in [0.3, 0.4) is 0 Å². The third kappa shape index (κ3) is 6.87. The van der Waals surface area contributed by atoms with E-state index >= 15 is 0 Å². The van der Waals surface area contributed by atoms with E-state index in [0.717, 1.165) is 0 Å². The van der Waals surface area contributed by atoms with Crippen LogP contribution in [0.25, 0.3) is 0 Å². The molecule has 0 bridgehead atoms. The molecule has 0 aliphatic carbocycles. The number of rotatable bonds is 11. The SMILES string of the molecule is CC(C)CN(CC(C)C)c1ncnc(NNC(=O)COc2ccccc2)c1[N+](=O)[O-]. The zero-order valence-corrected chi connectivity index (χ0v) is 17.7. The van der Waals surface area contributed by atoms with E-state index in [2.05, 4.69) is 20.8 Å². The monoisotopic (exact) mass is 416 g/mol. The van der Waals surface area contributed by atoms with Gasteiger partial charge in [-0.15, -0.1) is 0 Å². The molecule has 0 saturated heterocycles. The minimum Gasteiger partial charge on any atom is -0.484 e. The summed E-state index contributed by atoms with van der Waals surface area (Å²) >= 11 is 0. The number of carbonyl (C=O) groups is 1. The number of para-hydroxylation sites is 1. The van der Waals surface area contributed by atoms with Gasteiger partial charge in [-0.3, -0.25) is 25.8 Å². The van der Waals surface area contributed by atoms with Gasteiger partial charge in [-0.1, -0.05) is 45.9 Å². The molecule has 1 amide bonds. The summed E-state index contributed by atoms with van der Waals surface area (Å²) in [5.41, 5.74) is 4.63. The van der Waals surface area contributed by atoms with Crippen LogP contribution in [-0.4, -0.2) is 40.5 Å². The standard InChI is InChI=1S/C20H28N6O4/c1-14(2)10-25(11-15(3)4)20-18(26(28)29)19(21-13-22-20)24-23-17(27)12-30-16-8-6-5-7-9-16/h5-9,13-15H,10-12H2,1-4H3,(H,23,27)(H,21,22,24). The van der Waals surface area contributed by atoms with Crippen LogP contribution in [-0.2, 0) is 4.79 Å². The zero-order valence-electron chi connectivity index (χ0n) is 17.7. The average Bonchev–Trinajstić information content (AvgIpc) is 2.69. The summed E-state index contributed by atoms with van der Waals surface area (Å²) in [6.07, 6.45) is 1.24. The summed E-state index contributed by atoms with van der Waals surface area (Å²) < 4.78 is 5.36. The van der Waals surface area contributed by atoms with Gasteiger partial charge in [0, 0.05) is 13.1 Å². The number of anilines is 2. The van der Waals surface area contributed by atoms with E-state index in [0.29, 0.717) is 18.8 Å². The normalized spacial score (nSPS) is 10.7. The Morgan fingerprint density at radius 1 is 1.13 bits per heavy atom. The van der Waals surface area contributed by atoms with Gasteiger partial charge in [-0.05, 0) is 24.0 Å². The van der Waals surface area contributed by atoms with Crippen LogP contribution < -0.4 is 20.5 Å². The van der Waals surface area contributed by atoms with E-state index in [-0.39, 0.29) is 35.8 Å². The Morgan fingerprint density at radius 3 is 2.33 bits per heavy atom. The minimum absolute atomic E-state index is 0.0874. The molecule has 0 radical (unpaired) electrons. The number of carbonyl (C=O) groups excluding carboxylic acids is 1. The van der Waals surface area contributed by atoms with E-state index in [9.17, 15) is 14.9 Å². The molecule has 2 aromatic rings. The first-order valence-corrected chi connectivity index (χ1v) is 9.75. The number of nitrogens with zero attached hydrogens (tertiary/aromatic N) is 4. The van der Waals surface area contributed by atoms with Gasteiger partial charge in [0.1, 0.15) is 12.1 Å². The first kappa shape index (κ1) is 22.9. The van der Waals surface area contributed by atoms with Crippen molar-refractivity contribution in [1.82, 2.24) is 15.4 Å². The van der Waals surface area contributed by atoms with Gasteiger partial charge >= 0.3 is 5.69 Å². The zero-order chi connectivity index (χ0) is 22.1.